The molecule has 2 unspecified atom stereocenters. The van der Waals surface area contributed by atoms with Gasteiger partial charge in [-0.25, -0.2) is 0 Å². The van der Waals surface area contributed by atoms with Gasteiger partial charge in [0.05, 0.1) is 17.7 Å². The number of hydrogen-bond acceptors (Lipinski definition) is 4. The molecule has 3 rings (SSSR count). The van der Waals surface area contributed by atoms with Gasteiger partial charge in [-0.3, -0.25) is 9.79 Å². The number of hydrogen-bond donors (Lipinski definition) is 2. The molecule has 1 aliphatic heterocycles. The van der Waals surface area contributed by atoms with Crippen molar-refractivity contribution in [2.75, 3.05) is 19.7 Å². The first-order valence-electron chi connectivity index (χ1n) is 9.84. The van der Waals surface area contributed by atoms with Crippen molar-refractivity contribution in [2.45, 2.75) is 43.3 Å². The molecule has 0 bridgehead atoms. The fraction of sp³-hybridized carbons (Fsp3) is 0.524. The van der Waals surface area contributed by atoms with Gasteiger partial charge in [0.25, 0.3) is 0 Å². The van der Waals surface area contributed by atoms with Gasteiger partial charge < -0.3 is 15.2 Å². The standard InChI is InChI=1S/C21H22F6N2O3/c1-18(31,14-2-3-14)10-29-17(30)13-8-19(11-28-9-13,32-12-20(22,23)24)15-4-6-16(7-5-15)21(25,26)27/h4-8,11,14,31H,2-3,9-10,12H2,1H3,(H,29,30). The second-order valence-corrected chi connectivity index (χ2v) is 8.23. The van der Waals surface area contributed by atoms with Crippen LogP contribution in [0, 0.1) is 5.92 Å². The van der Waals surface area contributed by atoms with Crippen LogP contribution in [0.1, 0.15) is 30.9 Å². The topological polar surface area (TPSA) is 70.9 Å². The van der Waals surface area contributed by atoms with Gasteiger partial charge in [0, 0.05) is 18.3 Å². The molecule has 2 atom stereocenters. The first-order chi connectivity index (χ1) is 14.7. The van der Waals surface area contributed by atoms with Gasteiger partial charge in [0.2, 0.25) is 5.91 Å². The van der Waals surface area contributed by atoms with Gasteiger partial charge in [-0.1, -0.05) is 12.1 Å². The number of benzene rings is 1. The maximum atomic E-state index is 12.9. The molecule has 176 valence electrons. The number of carbonyl (C=O) groups excluding carboxylic acids is 1. The molecule has 11 heteroatoms. The van der Waals surface area contributed by atoms with E-state index in [1.165, 1.54) is 0 Å². The molecule has 1 aromatic carbocycles. The number of nitrogens with zero attached hydrogens (tertiary/aromatic N) is 1. The lowest BCUT2D eigenvalue weighted by atomic mass is 9.89. The van der Waals surface area contributed by atoms with Crippen LogP contribution < -0.4 is 5.32 Å². The van der Waals surface area contributed by atoms with Gasteiger partial charge in [-0.2, -0.15) is 26.3 Å². The third-order valence-electron chi connectivity index (χ3n) is 5.43. The highest BCUT2D eigenvalue weighted by atomic mass is 19.4. The lowest BCUT2D eigenvalue weighted by Crippen LogP contribution is -2.44. The highest BCUT2D eigenvalue weighted by Crippen LogP contribution is 2.39. The summed E-state index contributed by atoms with van der Waals surface area (Å²) in [5.74, 6) is -0.600. The van der Waals surface area contributed by atoms with Crippen LogP contribution in [0.15, 0.2) is 40.9 Å². The summed E-state index contributed by atoms with van der Waals surface area (Å²) in [6.45, 7) is -0.345. The molecule has 0 radical (unpaired) electrons. The molecule has 5 nitrogen and oxygen atoms in total. The monoisotopic (exact) mass is 464 g/mol. The Morgan fingerprint density at radius 2 is 1.81 bits per heavy atom. The van der Waals surface area contributed by atoms with Crippen molar-refractivity contribution in [2.24, 2.45) is 10.9 Å². The summed E-state index contributed by atoms with van der Waals surface area (Å²) in [4.78, 5) is 16.5. The fourth-order valence-electron chi connectivity index (χ4n) is 3.42. The molecule has 32 heavy (non-hydrogen) atoms. The van der Waals surface area contributed by atoms with E-state index >= 15 is 0 Å². The van der Waals surface area contributed by atoms with Crippen molar-refractivity contribution in [1.82, 2.24) is 5.32 Å². The number of carbonyl (C=O) groups is 1. The maximum absolute atomic E-state index is 12.9. The normalized spacial score (nSPS) is 23.4. The molecular formula is C21H22F6N2O3. The molecular weight excluding hydrogens is 442 g/mol. The Morgan fingerprint density at radius 3 is 2.34 bits per heavy atom. The van der Waals surface area contributed by atoms with E-state index in [2.05, 4.69) is 10.3 Å². The van der Waals surface area contributed by atoms with Crippen LogP contribution in [-0.2, 0) is 21.3 Å². The molecule has 1 heterocycles. The Morgan fingerprint density at radius 1 is 1.19 bits per heavy atom. The van der Waals surface area contributed by atoms with Crippen molar-refractivity contribution in [1.29, 1.82) is 0 Å². The number of amides is 1. The lowest BCUT2D eigenvalue weighted by Gasteiger charge is -2.32. The zero-order valence-corrected chi connectivity index (χ0v) is 17.1. The predicted octanol–water partition coefficient (Wildman–Crippen LogP) is 3.77. The number of aliphatic hydroxyl groups is 1. The second kappa shape index (κ2) is 8.51. The Labute approximate surface area is 180 Å². The van der Waals surface area contributed by atoms with Crippen molar-refractivity contribution in [3.05, 3.63) is 47.0 Å². The molecule has 1 aromatic rings. The molecule has 1 fully saturated rings. The minimum atomic E-state index is -4.72. The summed E-state index contributed by atoms with van der Waals surface area (Å²) in [6, 6.07) is 3.41. The lowest BCUT2D eigenvalue weighted by molar-refractivity contribution is -0.188. The summed E-state index contributed by atoms with van der Waals surface area (Å²) in [5.41, 5.74) is -4.16. The molecule has 0 saturated heterocycles. The van der Waals surface area contributed by atoms with E-state index in [0.717, 1.165) is 49.4 Å². The van der Waals surface area contributed by atoms with Crippen molar-refractivity contribution >= 4 is 12.1 Å². The van der Waals surface area contributed by atoms with Crippen molar-refractivity contribution in [3.8, 4) is 0 Å². The fourth-order valence-corrected chi connectivity index (χ4v) is 3.42. The number of halogens is 6. The van der Waals surface area contributed by atoms with Crippen molar-refractivity contribution in [3.63, 3.8) is 0 Å². The third kappa shape index (κ3) is 5.89. The van der Waals surface area contributed by atoms with Crippen LogP contribution >= 0.6 is 0 Å². The molecule has 1 amide bonds. The molecule has 1 aliphatic carbocycles. The Balaban J connectivity index is 1.87. The highest BCUT2D eigenvalue weighted by Gasteiger charge is 2.41. The molecule has 0 spiro atoms. The number of ether oxygens (including phenoxy) is 1. The first kappa shape index (κ1) is 24.2. The van der Waals surface area contributed by atoms with Gasteiger partial charge in [0.15, 0.2) is 0 Å². The van der Waals surface area contributed by atoms with E-state index < -0.39 is 41.6 Å². The molecule has 2 N–H and O–H groups in total. The van der Waals surface area contributed by atoms with Gasteiger partial charge in [-0.05, 0) is 49.5 Å². The third-order valence-corrected chi connectivity index (χ3v) is 5.43. The molecule has 0 aromatic heterocycles. The number of dihydropyridines is 1. The summed E-state index contributed by atoms with van der Waals surface area (Å²) in [7, 11) is 0. The van der Waals surface area contributed by atoms with Crippen LogP contribution in [0.2, 0.25) is 0 Å². The number of aliphatic imine (C=N–C) groups is 1. The Kier molecular flexibility index (Phi) is 6.45. The molecule has 1 saturated carbocycles. The van der Waals surface area contributed by atoms with Crippen LogP contribution in [0.4, 0.5) is 26.3 Å². The zero-order chi connectivity index (χ0) is 23.8. The largest absolute Gasteiger partial charge is 0.416 e. The zero-order valence-electron chi connectivity index (χ0n) is 17.1. The maximum Gasteiger partial charge on any atom is 0.416 e. The van der Waals surface area contributed by atoms with Crippen LogP contribution in [-0.4, -0.2) is 48.7 Å². The Bertz CT molecular complexity index is 902. The number of nitrogens with one attached hydrogen (secondary N) is 1. The minimum absolute atomic E-state index is 0.0267. The Hall–Kier alpha value is -2.40. The number of alkyl halides is 6. The van der Waals surface area contributed by atoms with E-state index in [-0.39, 0.29) is 30.1 Å². The first-order valence-corrected chi connectivity index (χ1v) is 9.84. The van der Waals surface area contributed by atoms with E-state index in [0.29, 0.717) is 0 Å². The predicted molar refractivity (Wildman–Crippen MR) is 103 cm³/mol. The minimum Gasteiger partial charge on any atom is -0.388 e. The van der Waals surface area contributed by atoms with E-state index in [4.69, 9.17) is 4.74 Å². The van der Waals surface area contributed by atoms with Crippen LogP contribution in [0.5, 0.6) is 0 Å². The summed E-state index contributed by atoms with van der Waals surface area (Å²) >= 11 is 0. The highest BCUT2D eigenvalue weighted by molar-refractivity contribution is 5.96. The van der Waals surface area contributed by atoms with Gasteiger partial charge in [-0.15, -0.1) is 0 Å². The average molecular weight is 464 g/mol. The van der Waals surface area contributed by atoms with Gasteiger partial charge >= 0.3 is 12.4 Å². The smallest absolute Gasteiger partial charge is 0.388 e. The van der Waals surface area contributed by atoms with Crippen LogP contribution in [0.25, 0.3) is 0 Å². The van der Waals surface area contributed by atoms with E-state index in [9.17, 15) is 36.2 Å². The van der Waals surface area contributed by atoms with E-state index in [1.807, 2.05) is 0 Å². The summed E-state index contributed by atoms with van der Waals surface area (Å²) in [6.07, 6.45) is -5.52. The summed E-state index contributed by atoms with van der Waals surface area (Å²) < 4.78 is 82.3. The number of rotatable bonds is 7. The molecule has 2 aliphatic rings. The quantitative estimate of drug-likeness (QED) is 0.604. The van der Waals surface area contributed by atoms with Crippen molar-refractivity contribution < 1.29 is 41.0 Å². The van der Waals surface area contributed by atoms with Gasteiger partial charge in [0.1, 0.15) is 12.2 Å². The summed E-state index contributed by atoms with van der Waals surface area (Å²) in [5, 5.41) is 12.9. The average Bonchev–Trinajstić information content (AvgIpc) is 3.56. The van der Waals surface area contributed by atoms with Crippen LogP contribution in [0.3, 0.4) is 0 Å². The van der Waals surface area contributed by atoms with E-state index in [1.54, 1.807) is 6.92 Å². The second-order valence-electron chi connectivity index (χ2n) is 8.23. The SMILES string of the molecule is CC(O)(CNC(=O)C1=CC(OCC(F)(F)F)(c2ccc(C(F)(F)F)cc2)C=NC1)C1CC1.